The molecule has 3 aliphatic carbocycles. The first-order valence-electron chi connectivity index (χ1n) is 14.7. The van der Waals surface area contributed by atoms with E-state index in [4.69, 9.17) is 31.6 Å². The third kappa shape index (κ3) is 4.36. The fourth-order valence-electron chi connectivity index (χ4n) is 7.46. The molecule has 1 aromatic heterocycles. The van der Waals surface area contributed by atoms with Gasteiger partial charge in [-0.3, -0.25) is 4.90 Å². The average Bonchev–Trinajstić information content (AvgIpc) is 3.26. The van der Waals surface area contributed by atoms with Crippen LogP contribution in [0.4, 0.5) is 5.82 Å². The van der Waals surface area contributed by atoms with Gasteiger partial charge in [0.2, 0.25) is 0 Å². The predicted octanol–water partition coefficient (Wildman–Crippen LogP) is 6.20. The number of halogens is 1. The molecule has 6 nitrogen and oxygen atoms in total. The molecule has 1 saturated carbocycles. The van der Waals surface area contributed by atoms with Crippen molar-refractivity contribution < 1.29 is 4.74 Å². The number of hydrogen-bond acceptors (Lipinski definition) is 6. The SMILES string of the molecule is CCN(CCCC#N)c1nc(OC[C@@H]2CCN2C2CCC2)nc2c1CC[C@@]1(CCc3c(Cl)cccc31)[C@H]2C. The zero-order valence-electron chi connectivity index (χ0n) is 22.9. The summed E-state index contributed by atoms with van der Waals surface area (Å²) in [6.07, 6.45) is 10.8. The molecule has 2 fully saturated rings. The normalized spacial score (nSPS) is 26.3. The Morgan fingerprint density at radius 3 is 2.68 bits per heavy atom. The standard InChI is InChI=1S/C31H40ClN5O/c1-3-36(18-5-4-17-33)29-25-13-16-31(15-12-24-26(31)10-7-11-27(24)32)21(2)28(25)34-30(35-29)38-20-23-14-19-37(23)22-8-6-9-22/h7,10-11,21-23H,3-6,8-9,12-16,18-20H2,1-2H3/t21-,23-,31-/m0/s1. The second kappa shape index (κ2) is 10.7. The van der Waals surface area contributed by atoms with Crippen molar-refractivity contribution in [2.45, 2.75) is 101 Å². The Kier molecular flexibility index (Phi) is 7.26. The van der Waals surface area contributed by atoms with E-state index in [0.29, 0.717) is 25.1 Å². The number of nitriles is 1. The maximum absolute atomic E-state index is 9.12. The van der Waals surface area contributed by atoms with E-state index in [9.17, 15) is 0 Å². The summed E-state index contributed by atoms with van der Waals surface area (Å²) in [6, 6.07) is 10.5. The summed E-state index contributed by atoms with van der Waals surface area (Å²) >= 11 is 6.65. The largest absolute Gasteiger partial charge is 0.462 e. The van der Waals surface area contributed by atoms with E-state index in [2.05, 4.69) is 41.8 Å². The topological polar surface area (TPSA) is 65.3 Å². The van der Waals surface area contributed by atoms with E-state index in [-0.39, 0.29) is 11.3 Å². The Morgan fingerprint density at radius 2 is 2.00 bits per heavy atom. The molecule has 2 heterocycles. The highest BCUT2D eigenvalue weighted by atomic mass is 35.5. The highest BCUT2D eigenvalue weighted by Gasteiger charge is 2.48. The summed E-state index contributed by atoms with van der Waals surface area (Å²) < 4.78 is 6.41. The van der Waals surface area contributed by atoms with Crippen molar-refractivity contribution in [2.75, 3.05) is 31.1 Å². The summed E-state index contributed by atoms with van der Waals surface area (Å²) in [7, 11) is 0. The fourth-order valence-corrected chi connectivity index (χ4v) is 7.73. The minimum Gasteiger partial charge on any atom is -0.462 e. The van der Waals surface area contributed by atoms with Crippen molar-refractivity contribution in [3.63, 3.8) is 0 Å². The number of ether oxygens (including phenoxy) is 1. The van der Waals surface area contributed by atoms with Gasteiger partial charge in [-0.2, -0.15) is 15.2 Å². The van der Waals surface area contributed by atoms with E-state index in [1.807, 2.05) is 6.07 Å². The van der Waals surface area contributed by atoms with Gasteiger partial charge in [-0.05, 0) is 75.5 Å². The molecule has 4 aliphatic rings. The summed E-state index contributed by atoms with van der Waals surface area (Å²) in [5, 5.41) is 10.0. The van der Waals surface area contributed by atoms with Crippen molar-refractivity contribution >= 4 is 17.4 Å². The highest BCUT2D eigenvalue weighted by Crippen LogP contribution is 2.56. The first-order valence-corrected chi connectivity index (χ1v) is 15.1. The second-order valence-corrected chi connectivity index (χ2v) is 12.2. The molecule has 6 rings (SSSR count). The Morgan fingerprint density at radius 1 is 1.18 bits per heavy atom. The number of unbranched alkanes of at least 4 members (excludes halogenated alkanes) is 1. The summed E-state index contributed by atoms with van der Waals surface area (Å²) in [6.45, 7) is 8.06. The van der Waals surface area contributed by atoms with Gasteiger partial charge in [0.25, 0.3) is 0 Å². The molecule has 1 aromatic carbocycles. The van der Waals surface area contributed by atoms with Crippen LogP contribution < -0.4 is 9.64 Å². The van der Waals surface area contributed by atoms with Gasteiger partial charge in [-0.15, -0.1) is 0 Å². The van der Waals surface area contributed by atoms with Gasteiger partial charge in [-0.25, -0.2) is 0 Å². The number of anilines is 1. The number of aromatic nitrogens is 2. The first kappa shape index (κ1) is 25.9. The minimum atomic E-state index is 0.0585. The molecule has 202 valence electrons. The first-order chi connectivity index (χ1) is 18.6. The molecule has 3 atom stereocenters. The Bertz CT molecular complexity index is 1220. The number of likely N-dealkylation sites (tertiary alicyclic amines) is 1. The molecule has 0 amide bonds. The van der Waals surface area contributed by atoms with E-state index < -0.39 is 0 Å². The lowest BCUT2D eigenvalue weighted by Crippen LogP contribution is -2.57. The van der Waals surface area contributed by atoms with Crippen molar-refractivity contribution in [2.24, 2.45) is 0 Å². The van der Waals surface area contributed by atoms with Crippen LogP contribution >= 0.6 is 11.6 Å². The lowest BCUT2D eigenvalue weighted by Gasteiger charge is -2.49. The van der Waals surface area contributed by atoms with Crippen LogP contribution in [0.25, 0.3) is 0 Å². The average molecular weight is 534 g/mol. The van der Waals surface area contributed by atoms with Gasteiger partial charge in [0.05, 0.1) is 11.8 Å². The molecule has 2 aromatic rings. The summed E-state index contributed by atoms with van der Waals surface area (Å²) in [5.41, 5.74) is 5.21. The van der Waals surface area contributed by atoms with Crippen molar-refractivity contribution in [3.8, 4) is 12.1 Å². The van der Waals surface area contributed by atoms with E-state index >= 15 is 0 Å². The smallest absolute Gasteiger partial charge is 0.318 e. The number of fused-ring (bicyclic) bond motifs is 3. The number of hydrogen-bond donors (Lipinski definition) is 0. The Labute approximate surface area is 232 Å². The molecule has 7 heteroatoms. The predicted molar refractivity (Wildman–Crippen MR) is 151 cm³/mol. The van der Waals surface area contributed by atoms with Crippen LogP contribution in [-0.4, -0.2) is 53.2 Å². The molecule has 1 aliphatic heterocycles. The van der Waals surface area contributed by atoms with E-state index in [1.165, 1.54) is 48.9 Å². The Hall–Kier alpha value is -2.36. The summed E-state index contributed by atoms with van der Waals surface area (Å²) in [5.74, 6) is 1.27. The third-order valence-corrected chi connectivity index (χ3v) is 10.4. The van der Waals surface area contributed by atoms with Crippen LogP contribution in [0.5, 0.6) is 6.01 Å². The number of rotatable bonds is 9. The minimum absolute atomic E-state index is 0.0585. The van der Waals surface area contributed by atoms with E-state index in [1.54, 1.807) is 0 Å². The lowest BCUT2D eigenvalue weighted by atomic mass is 9.63. The van der Waals surface area contributed by atoms with Crippen LogP contribution in [0, 0.1) is 11.3 Å². The highest BCUT2D eigenvalue weighted by molar-refractivity contribution is 6.31. The fraction of sp³-hybridized carbons (Fsp3) is 0.645. The quantitative estimate of drug-likeness (QED) is 0.357. The van der Waals surface area contributed by atoms with Crippen molar-refractivity contribution in [1.29, 1.82) is 5.26 Å². The molecule has 38 heavy (non-hydrogen) atoms. The van der Waals surface area contributed by atoms with Crippen molar-refractivity contribution in [1.82, 2.24) is 14.9 Å². The van der Waals surface area contributed by atoms with Crippen LogP contribution in [0.2, 0.25) is 5.02 Å². The van der Waals surface area contributed by atoms with Gasteiger partial charge >= 0.3 is 6.01 Å². The van der Waals surface area contributed by atoms with Crippen molar-refractivity contribution in [3.05, 3.63) is 45.6 Å². The Balaban J connectivity index is 1.32. The molecule has 0 unspecified atom stereocenters. The molecule has 1 spiro atoms. The van der Waals surface area contributed by atoms with Gasteiger partial charge < -0.3 is 9.64 Å². The molecule has 0 radical (unpaired) electrons. The van der Waals surface area contributed by atoms with Gasteiger partial charge in [0.15, 0.2) is 0 Å². The van der Waals surface area contributed by atoms with E-state index in [0.717, 1.165) is 67.8 Å². The number of nitrogens with zero attached hydrogens (tertiary/aromatic N) is 5. The van der Waals surface area contributed by atoms with Crippen LogP contribution in [0.1, 0.15) is 93.5 Å². The maximum Gasteiger partial charge on any atom is 0.318 e. The molecular formula is C31H40ClN5O. The molecular weight excluding hydrogens is 494 g/mol. The molecule has 0 N–H and O–H groups in total. The monoisotopic (exact) mass is 533 g/mol. The zero-order chi connectivity index (χ0) is 26.3. The number of benzene rings is 1. The van der Waals surface area contributed by atoms with Crippen LogP contribution in [0.3, 0.4) is 0 Å². The van der Waals surface area contributed by atoms with Gasteiger partial charge in [0.1, 0.15) is 12.4 Å². The molecule has 0 bridgehead atoms. The molecule has 1 saturated heterocycles. The van der Waals surface area contributed by atoms with Gasteiger partial charge in [-0.1, -0.05) is 37.1 Å². The lowest BCUT2D eigenvalue weighted by molar-refractivity contribution is -0.0181. The maximum atomic E-state index is 9.12. The van der Waals surface area contributed by atoms with Gasteiger partial charge in [0, 0.05) is 60.1 Å². The summed E-state index contributed by atoms with van der Waals surface area (Å²) in [4.78, 5) is 15.2. The van der Waals surface area contributed by atoms with Crippen LogP contribution in [-0.2, 0) is 18.3 Å². The zero-order valence-corrected chi connectivity index (χ0v) is 23.6. The second-order valence-electron chi connectivity index (χ2n) is 11.8. The van der Waals surface area contributed by atoms with Crippen LogP contribution in [0.15, 0.2) is 18.2 Å². The third-order valence-electron chi connectivity index (χ3n) is 10.1.